The third kappa shape index (κ3) is 4.06. The number of carbonyl (C=O) groups excluding carboxylic acids is 2. The summed E-state index contributed by atoms with van der Waals surface area (Å²) < 4.78 is 9.95. The van der Waals surface area contributed by atoms with Crippen molar-refractivity contribution in [3.63, 3.8) is 0 Å². The number of methoxy groups -OCH3 is 2. The Morgan fingerprint density at radius 3 is 2.74 bits per heavy atom. The van der Waals surface area contributed by atoms with E-state index in [-0.39, 0.29) is 17.3 Å². The predicted octanol–water partition coefficient (Wildman–Crippen LogP) is 0.199. The Labute approximate surface area is 160 Å². The number of hydrogen-bond donors (Lipinski definition) is 0. The van der Waals surface area contributed by atoms with Gasteiger partial charge in [0.15, 0.2) is 0 Å². The first-order valence-corrected chi connectivity index (χ1v) is 9.10. The van der Waals surface area contributed by atoms with Crippen molar-refractivity contribution in [2.75, 3.05) is 67.6 Å². The maximum Gasteiger partial charge on any atom is 0.319 e. The van der Waals surface area contributed by atoms with Gasteiger partial charge in [-0.1, -0.05) is 0 Å². The number of fused-ring (bicyclic) bond motifs is 1. The molecule has 2 aliphatic rings. The van der Waals surface area contributed by atoms with Gasteiger partial charge in [0.25, 0.3) is 5.91 Å². The molecule has 8 heteroatoms. The normalized spacial score (nSPS) is 24.9. The van der Waals surface area contributed by atoms with E-state index < -0.39 is 0 Å². The minimum Gasteiger partial charge on any atom is -0.481 e. The molecule has 2 saturated heterocycles. The summed E-state index contributed by atoms with van der Waals surface area (Å²) in [6, 6.07) is 3.40. The molecule has 1 amide bonds. The van der Waals surface area contributed by atoms with Gasteiger partial charge in [0, 0.05) is 56.0 Å². The number of hydrogen-bond acceptors (Lipinski definition) is 7. The molecule has 27 heavy (non-hydrogen) atoms. The van der Waals surface area contributed by atoms with Gasteiger partial charge >= 0.3 is 5.97 Å². The minimum absolute atomic E-state index is 0.00255. The van der Waals surface area contributed by atoms with Crippen LogP contribution >= 0.6 is 0 Å². The second-order valence-electron chi connectivity index (χ2n) is 7.82. The molecule has 2 atom stereocenters. The Morgan fingerprint density at radius 2 is 2.07 bits per heavy atom. The van der Waals surface area contributed by atoms with Gasteiger partial charge in [-0.3, -0.25) is 14.5 Å². The summed E-state index contributed by atoms with van der Waals surface area (Å²) in [5.41, 5.74) is 0.554. The number of amides is 1. The number of ether oxygens (including phenoxy) is 2. The monoisotopic (exact) mass is 376 g/mol. The van der Waals surface area contributed by atoms with Crippen LogP contribution in [0, 0.1) is 11.3 Å². The van der Waals surface area contributed by atoms with Crippen LogP contribution in [0.15, 0.2) is 18.3 Å². The third-order valence-electron chi connectivity index (χ3n) is 5.52. The molecule has 148 valence electrons. The third-order valence-corrected chi connectivity index (χ3v) is 5.52. The molecule has 3 rings (SSSR count). The molecule has 8 nitrogen and oxygen atoms in total. The second-order valence-corrected chi connectivity index (χ2v) is 7.82. The molecule has 0 unspecified atom stereocenters. The lowest BCUT2D eigenvalue weighted by molar-refractivity contribution is -0.141. The Hall–Kier alpha value is -2.19. The largest absolute Gasteiger partial charge is 0.481 e. The molecule has 0 N–H and O–H groups in total. The van der Waals surface area contributed by atoms with Crippen molar-refractivity contribution in [3.8, 4) is 5.88 Å². The summed E-state index contributed by atoms with van der Waals surface area (Å²) in [6.45, 7) is 4.13. The van der Waals surface area contributed by atoms with Gasteiger partial charge < -0.3 is 19.3 Å². The first kappa shape index (κ1) is 19.6. The van der Waals surface area contributed by atoms with Crippen LogP contribution in [-0.2, 0) is 9.53 Å². The van der Waals surface area contributed by atoms with Crippen LogP contribution in [0.2, 0.25) is 0 Å². The summed E-state index contributed by atoms with van der Waals surface area (Å²) in [7, 11) is 7.05. The topological polar surface area (TPSA) is 75.2 Å². The zero-order valence-electron chi connectivity index (χ0n) is 16.5. The molecule has 2 fully saturated rings. The van der Waals surface area contributed by atoms with Crippen molar-refractivity contribution in [2.45, 2.75) is 0 Å². The predicted molar refractivity (Wildman–Crippen MR) is 99.6 cm³/mol. The Bertz CT molecular complexity index is 711. The molecule has 3 heterocycles. The summed E-state index contributed by atoms with van der Waals surface area (Å²) in [4.78, 5) is 35.0. The van der Waals surface area contributed by atoms with Crippen LogP contribution in [0.4, 0.5) is 0 Å². The molecule has 2 aliphatic heterocycles. The lowest BCUT2D eigenvalue weighted by Crippen LogP contribution is -2.43. The smallest absolute Gasteiger partial charge is 0.319 e. The molecule has 0 aromatic carbocycles. The molecule has 0 saturated carbocycles. The van der Waals surface area contributed by atoms with Crippen LogP contribution in [0.1, 0.15) is 10.4 Å². The maximum absolute atomic E-state index is 13.0. The number of carbonyl (C=O) groups is 2. The fourth-order valence-corrected chi connectivity index (χ4v) is 4.50. The van der Waals surface area contributed by atoms with Crippen molar-refractivity contribution in [3.05, 3.63) is 23.9 Å². The van der Waals surface area contributed by atoms with E-state index in [0.29, 0.717) is 37.0 Å². The van der Waals surface area contributed by atoms with Crippen molar-refractivity contribution < 1.29 is 19.1 Å². The van der Waals surface area contributed by atoms with E-state index in [1.807, 2.05) is 19.0 Å². The van der Waals surface area contributed by atoms with E-state index in [0.717, 1.165) is 19.6 Å². The van der Waals surface area contributed by atoms with Gasteiger partial charge in [-0.05, 0) is 26.1 Å². The Kier molecular flexibility index (Phi) is 5.67. The highest BCUT2D eigenvalue weighted by atomic mass is 16.5. The number of likely N-dealkylation sites (tertiary alicyclic amines) is 2. The molecule has 0 spiro atoms. The van der Waals surface area contributed by atoms with E-state index in [4.69, 9.17) is 9.47 Å². The van der Waals surface area contributed by atoms with Gasteiger partial charge in [-0.15, -0.1) is 0 Å². The van der Waals surface area contributed by atoms with Crippen molar-refractivity contribution >= 4 is 11.9 Å². The summed E-state index contributed by atoms with van der Waals surface area (Å²) in [5.74, 6) is 0.555. The zero-order valence-corrected chi connectivity index (χ0v) is 16.5. The molecule has 1 aromatic rings. The highest BCUT2D eigenvalue weighted by molar-refractivity contribution is 5.94. The lowest BCUT2D eigenvalue weighted by atomic mass is 9.80. The maximum atomic E-state index is 13.0. The number of nitrogens with zero attached hydrogens (tertiary/aromatic N) is 4. The summed E-state index contributed by atoms with van der Waals surface area (Å²) in [5, 5.41) is 0. The number of aromatic nitrogens is 1. The van der Waals surface area contributed by atoms with Crippen LogP contribution in [0.5, 0.6) is 5.88 Å². The summed E-state index contributed by atoms with van der Waals surface area (Å²) in [6.07, 6.45) is 1.59. The standard InChI is InChI=1S/C19H28N4O4/c1-21(2)11-19-12-22(10-17(24)27-4)8-15(19)9-23(13-19)18(25)14-5-6-20-16(7-14)26-3/h5-7,15H,8-13H2,1-4H3/t15-,19+/m0/s1. The van der Waals surface area contributed by atoms with Gasteiger partial charge in [0.05, 0.1) is 20.8 Å². The zero-order chi connectivity index (χ0) is 19.6. The van der Waals surface area contributed by atoms with Gasteiger partial charge in [-0.2, -0.15) is 0 Å². The minimum atomic E-state index is -0.216. The van der Waals surface area contributed by atoms with Crippen molar-refractivity contribution in [1.29, 1.82) is 0 Å². The van der Waals surface area contributed by atoms with Crippen LogP contribution in [0.3, 0.4) is 0 Å². The first-order chi connectivity index (χ1) is 12.9. The number of esters is 1. The van der Waals surface area contributed by atoms with Gasteiger partial charge in [0.1, 0.15) is 0 Å². The highest BCUT2D eigenvalue weighted by Crippen LogP contribution is 2.43. The van der Waals surface area contributed by atoms with Crippen molar-refractivity contribution in [2.24, 2.45) is 11.3 Å². The molecule has 0 aliphatic carbocycles. The van der Waals surface area contributed by atoms with Gasteiger partial charge in [0.2, 0.25) is 5.88 Å². The van der Waals surface area contributed by atoms with E-state index in [9.17, 15) is 9.59 Å². The van der Waals surface area contributed by atoms with E-state index in [1.54, 1.807) is 25.4 Å². The molecular formula is C19H28N4O4. The quantitative estimate of drug-likeness (QED) is 0.657. The molecule has 0 radical (unpaired) electrons. The number of rotatable bonds is 6. The molecular weight excluding hydrogens is 348 g/mol. The fourth-order valence-electron chi connectivity index (χ4n) is 4.50. The average Bonchev–Trinajstić information content (AvgIpc) is 3.13. The van der Waals surface area contributed by atoms with E-state index in [2.05, 4.69) is 14.8 Å². The SMILES string of the molecule is COC(=O)CN1C[C@H]2CN(C(=O)c3ccnc(OC)c3)C[C@@]2(CN(C)C)C1. The number of pyridine rings is 1. The fraction of sp³-hybridized carbons (Fsp3) is 0.632. The Balaban J connectivity index is 1.75. The van der Waals surface area contributed by atoms with Crippen LogP contribution < -0.4 is 4.74 Å². The van der Waals surface area contributed by atoms with Crippen molar-refractivity contribution in [1.82, 2.24) is 19.7 Å². The highest BCUT2D eigenvalue weighted by Gasteiger charge is 2.53. The lowest BCUT2D eigenvalue weighted by Gasteiger charge is -2.32. The Morgan fingerprint density at radius 1 is 1.30 bits per heavy atom. The van der Waals surface area contributed by atoms with Crippen LogP contribution in [0.25, 0.3) is 0 Å². The van der Waals surface area contributed by atoms with E-state index >= 15 is 0 Å². The first-order valence-electron chi connectivity index (χ1n) is 9.10. The average molecular weight is 376 g/mol. The molecule has 0 bridgehead atoms. The van der Waals surface area contributed by atoms with Gasteiger partial charge in [-0.25, -0.2) is 4.98 Å². The molecule has 1 aromatic heterocycles. The summed E-state index contributed by atoms with van der Waals surface area (Å²) >= 11 is 0. The second kappa shape index (κ2) is 7.82. The van der Waals surface area contributed by atoms with Crippen LogP contribution in [-0.4, -0.2) is 99.1 Å². The van der Waals surface area contributed by atoms with E-state index in [1.165, 1.54) is 7.11 Å².